The molecule has 1 fully saturated rings. The van der Waals surface area contributed by atoms with Crippen LogP contribution in [0.3, 0.4) is 0 Å². The van der Waals surface area contributed by atoms with Crippen molar-refractivity contribution in [2.75, 3.05) is 31.6 Å². The Balaban J connectivity index is 1.90. The molecule has 21 heavy (non-hydrogen) atoms. The first-order valence-corrected chi connectivity index (χ1v) is 9.92. The lowest BCUT2D eigenvalue weighted by atomic mass is 10.0. The van der Waals surface area contributed by atoms with Crippen molar-refractivity contribution in [2.45, 2.75) is 38.3 Å². The van der Waals surface area contributed by atoms with Crippen LogP contribution in [0.4, 0.5) is 0 Å². The van der Waals surface area contributed by atoms with Crippen LogP contribution in [0.1, 0.15) is 37.8 Å². The molecule has 2 unspecified atom stereocenters. The van der Waals surface area contributed by atoms with E-state index < -0.39 is 0 Å². The SMILES string of the molecule is CCCNC(CCN(C)C1CCSC1)c1ccc(Br)cc1. The van der Waals surface area contributed by atoms with E-state index in [1.807, 2.05) is 0 Å². The molecule has 2 rings (SSSR count). The van der Waals surface area contributed by atoms with Crippen molar-refractivity contribution >= 4 is 27.7 Å². The second-order valence-electron chi connectivity index (χ2n) is 5.84. The Hall–Kier alpha value is -0.0300. The average Bonchev–Trinajstić information content (AvgIpc) is 3.03. The molecule has 1 saturated heterocycles. The Kier molecular flexibility index (Phi) is 7.58. The Morgan fingerprint density at radius 2 is 2.14 bits per heavy atom. The minimum atomic E-state index is 0.467. The van der Waals surface area contributed by atoms with Crippen LogP contribution in [-0.4, -0.2) is 42.6 Å². The number of thioether (sulfide) groups is 1. The minimum absolute atomic E-state index is 0.467. The van der Waals surface area contributed by atoms with Gasteiger partial charge in [-0.05, 0) is 62.8 Å². The highest BCUT2D eigenvalue weighted by atomic mass is 79.9. The Bertz CT molecular complexity index is 404. The number of nitrogens with zero attached hydrogens (tertiary/aromatic N) is 1. The third-order valence-corrected chi connectivity index (χ3v) is 5.89. The van der Waals surface area contributed by atoms with Crippen LogP contribution in [0.2, 0.25) is 0 Å². The fourth-order valence-corrected chi connectivity index (χ4v) is 4.35. The van der Waals surface area contributed by atoms with Crippen molar-refractivity contribution in [1.29, 1.82) is 0 Å². The summed E-state index contributed by atoms with van der Waals surface area (Å²) in [4.78, 5) is 2.56. The van der Waals surface area contributed by atoms with Crippen LogP contribution in [-0.2, 0) is 0 Å². The van der Waals surface area contributed by atoms with Gasteiger partial charge in [0.05, 0.1) is 0 Å². The molecule has 0 spiro atoms. The van der Waals surface area contributed by atoms with Crippen LogP contribution < -0.4 is 5.32 Å². The summed E-state index contributed by atoms with van der Waals surface area (Å²) in [7, 11) is 2.29. The number of rotatable bonds is 8. The summed E-state index contributed by atoms with van der Waals surface area (Å²) < 4.78 is 1.15. The van der Waals surface area contributed by atoms with E-state index in [0.717, 1.165) is 17.1 Å². The van der Waals surface area contributed by atoms with Gasteiger partial charge >= 0.3 is 0 Å². The first kappa shape index (κ1) is 17.3. The molecule has 0 amide bonds. The van der Waals surface area contributed by atoms with Gasteiger partial charge in [0.25, 0.3) is 0 Å². The topological polar surface area (TPSA) is 15.3 Å². The molecule has 0 aliphatic carbocycles. The first-order valence-electron chi connectivity index (χ1n) is 7.97. The molecule has 4 heteroatoms. The highest BCUT2D eigenvalue weighted by Crippen LogP contribution is 2.24. The molecule has 1 aliphatic heterocycles. The third-order valence-electron chi connectivity index (χ3n) is 4.21. The van der Waals surface area contributed by atoms with Gasteiger partial charge in [0.1, 0.15) is 0 Å². The summed E-state index contributed by atoms with van der Waals surface area (Å²) in [5.41, 5.74) is 1.40. The molecule has 1 aliphatic rings. The summed E-state index contributed by atoms with van der Waals surface area (Å²) in [6.45, 7) is 4.49. The van der Waals surface area contributed by atoms with Crippen molar-refractivity contribution < 1.29 is 0 Å². The lowest BCUT2D eigenvalue weighted by Gasteiger charge is -2.27. The lowest BCUT2D eigenvalue weighted by Crippen LogP contribution is -2.34. The Morgan fingerprint density at radius 3 is 2.76 bits per heavy atom. The first-order chi connectivity index (χ1) is 10.2. The van der Waals surface area contributed by atoms with Crippen molar-refractivity contribution in [3.8, 4) is 0 Å². The highest BCUT2D eigenvalue weighted by molar-refractivity contribution is 9.10. The number of nitrogens with one attached hydrogen (secondary N) is 1. The van der Waals surface area contributed by atoms with E-state index in [1.54, 1.807) is 0 Å². The van der Waals surface area contributed by atoms with Crippen molar-refractivity contribution in [3.63, 3.8) is 0 Å². The summed E-state index contributed by atoms with van der Waals surface area (Å²) in [6.07, 6.45) is 3.72. The van der Waals surface area contributed by atoms with Gasteiger partial charge < -0.3 is 10.2 Å². The molecular weight excluding hydrogens is 344 g/mol. The van der Waals surface area contributed by atoms with Gasteiger partial charge in [-0.3, -0.25) is 0 Å². The maximum atomic E-state index is 3.70. The summed E-state index contributed by atoms with van der Waals surface area (Å²) in [6, 6.07) is 10.0. The number of halogens is 1. The smallest absolute Gasteiger partial charge is 0.0332 e. The molecule has 1 aromatic rings. The van der Waals surface area contributed by atoms with Gasteiger partial charge in [-0.1, -0.05) is 35.0 Å². The molecule has 1 aromatic carbocycles. The fourth-order valence-electron chi connectivity index (χ4n) is 2.79. The van der Waals surface area contributed by atoms with Crippen molar-refractivity contribution in [1.82, 2.24) is 10.2 Å². The zero-order chi connectivity index (χ0) is 15.1. The Morgan fingerprint density at radius 1 is 1.38 bits per heavy atom. The monoisotopic (exact) mass is 370 g/mol. The second-order valence-corrected chi connectivity index (χ2v) is 7.91. The highest BCUT2D eigenvalue weighted by Gasteiger charge is 2.21. The van der Waals surface area contributed by atoms with Gasteiger partial charge in [0, 0.05) is 22.3 Å². The summed E-state index contributed by atoms with van der Waals surface area (Å²) in [5, 5.41) is 3.70. The number of benzene rings is 1. The zero-order valence-corrected chi connectivity index (χ0v) is 15.5. The quantitative estimate of drug-likeness (QED) is 0.733. The Labute approximate surface area is 142 Å². The molecule has 0 aromatic heterocycles. The second kappa shape index (κ2) is 9.19. The van der Waals surface area contributed by atoms with E-state index >= 15 is 0 Å². The number of hydrogen-bond donors (Lipinski definition) is 1. The zero-order valence-electron chi connectivity index (χ0n) is 13.1. The largest absolute Gasteiger partial charge is 0.310 e. The predicted octanol–water partition coefficient (Wildman–Crippen LogP) is 4.32. The normalized spacial score (nSPS) is 20.1. The average molecular weight is 371 g/mol. The lowest BCUT2D eigenvalue weighted by molar-refractivity contribution is 0.246. The van der Waals surface area contributed by atoms with Crippen LogP contribution in [0.15, 0.2) is 28.7 Å². The van der Waals surface area contributed by atoms with Crippen LogP contribution >= 0.6 is 27.7 Å². The molecule has 0 bridgehead atoms. The number of hydrogen-bond acceptors (Lipinski definition) is 3. The van der Waals surface area contributed by atoms with E-state index in [1.165, 1.54) is 42.9 Å². The van der Waals surface area contributed by atoms with Crippen LogP contribution in [0, 0.1) is 0 Å². The van der Waals surface area contributed by atoms with Gasteiger partial charge in [-0.15, -0.1) is 0 Å². The standard InChI is InChI=1S/C17H27BrN2S/c1-3-10-19-17(14-4-6-15(18)7-5-14)8-11-20(2)16-9-12-21-13-16/h4-7,16-17,19H,3,8-13H2,1-2H3. The van der Waals surface area contributed by atoms with Gasteiger partial charge in [-0.25, -0.2) is 0 Å². The molecule has 2 atom stereocenters. The summed E-state index contributed by atoms with van der Waals surface area (Å²) in [5.74, 6) is 2.64. The fraction of sp³-hybridized carbons (Fsp3) is 0.647. The molecule has 0 saturated carbocycles. The van der Waals surface area contributed by atoms with Gasteiger partial charge in [0.2, 0.25) is 0 Å². The molecule has 118 valence electrons. The predicted molar refractivity (Wildman–Crippen MR) is 98.2 cm³/mol. The third kappa shape index (κ3) is 5.59. The van der Waals surface area contributed by atoms with E-state index in [2.05, 4.69) is 76.1 Å². The molecule has 0 radical (unpaired) electrons. The van der Waals surface area contributed by atoms with E-state index in [9.17, 15) is 0 Å². The minimum Gasteiger partial charge on any atom is -0.310 e. The maximum absolute atomic E-state index is 3.70. The van der Waals surface area contributed by atoms with Gasteiger partial charge in [0.15, 0.2) is 0 Å². The van der Waals surface area contributed by atoms with E-state index in [0.29, 0.717) is 6.04 Å². The van der Waals surface area contributed by atoms with Crippen LogP contribution in [0.25, 0.3) is 0 Å². The van der Waals surface area contributed by atoms with Crippen molar-refractivity contribution in [3.05, 3.63) is 34.3 Å². The molecule has 1 N–H and O–H groups in total. The molecule has 2 nitrogen and oxygen atoms in total. The van der Waals surface area contributed by atoms with E-state index in [-0.39, 0.29) is 0 Å². The summed E-state index contributed by atoms with van der Waals surface area (Å²) >= 11 is 5.62. The maximum Gasteiger partial charge on any atom is 0.0332 e. The molecule has 1 heterocycles. The van der Waals surface area contributed by atoms with Gasteiger partial charge in [-0.2, -0.15) is 11.8 Å². The van der Waals surface area contributed by atoms with Crippen molar-refractivity contribution in [2.24, 2.45) is 0 Å². The molecular formula is C17H27BrN2S. The van der Waals surface area contributed by atoms with Crippen LogP contribution in [0.5, 0.6) is 0 Å². The van der Waals surface area contributed by atoms with E-state index in [4.69, 9.17) is 0 Å².